The predicted molar refractivity (Wildman–Crippen MR) is 80.9 cm³/mol. The van der Waals surface area contributed by atoms with Gasteiger partial charge in [-0.3, -0.25) is 0 Å². The van der Waals surface area contributed by atoms with Crippen molar-refractivity contribution in [2.24, 2.45) is 0 Å². The lowest BCUT2D eigenvalue weighted by molar-refractivity contribution is 0.340. The Morgan fingerprint density at radius 3 is 2.65 bits per heavy atom. The highest BCUT2D eigenvalue weighted by Crippen LogP contribution is 2.24. The number of benzene rings is 1. The molecule has 0 spiro atoms. The molecule has 2 N–H and O–H groups in total. The maximum atomic E-state index is 5.86. The van der Waals surface area contributed by atoms with Gasteiger partial charge in [-0.15, -0.1) is 0 Å². The number of hydrogen-bond donors (Lipinski definition) is 1. The van der Waals surface area contributed by atoms with Crippen molar-refractivity contribution < 1.29 is 4.74 Å². The molecule has 0 aliphatic carbocycles. The third kappa shape index (κ3) is 2.20. The van der Waals surface area contributed by atoms with Crippen molar-refractivity contribution >= 4 is 11.3 Å². The number of aryl methyl sites for hydroxylation is 1. The number of rotatable bonds is 3. The van der Waals surface area contributed by atoms with E-state index in [1.807, 2.05) is 61.0 Å². The summed E-state index contributed by atoms with van der Waals surface area (Å²) in [4.78, 5) is 4.67. The molecule has 102 valence electrons. The number of nitrogens with zero attached hydrogens (tertiary/aromatic N) is 2. The van der Waals surface area contributed by atoms with Gasteiger partial charge in [-0.1, -0.05) is 0 Å². The van der Waals surface area contributed by atoms with Crippen LogP contribution >= 0.6 is 0 Å². The van der Waals surface area contributed by atoms with E-state index < -0.39 is 0 Å². The van der Waals surface area contributed by atoms with E-state index in [1.54, 1.807) is 0 Å². The molecule has 0 radical (unpaired) electrons. The van der Waals surface area contributed by atoms with Gasteiger partial charge in [-0.25, -0.2) is 4.98 Å². The Hall–Kier alpha value is -2.49. The summed E-state index contributed by atoms with van der Waals surface area (Å²) < 4.78 is 7.42. The molecule has 2 heterocycles. The van der Waals surface area contributed by atoms with Crippen molar-refractivity contribution in [2.75, 3.05) is 12.3 Å². The highest BCUT2D eigenvalue weighted by molar-refractivity contribution is 5.66. The van der Waals surface area contributed by atoms with Gasteiger partial charge in [0.25, 0.3) is 0 Å². The van der Waals surface area contributed by atoms with Crippen LogP contribution in [0, 0.1) is 6.92 Å². The molecule has 0 aliphatic rings. The zero-order valence-corrected chi connectivity index (χ0v) is 11.6. The molecule has 4 nitrogen and oxygen atoms in total. The predicted octanol–water partition coefficient (Wildman–Crippen LogP) is 3.29. The van der Waals surface area contributed by atoms with E-state index in [0.29, 0.717) is 6.61 Å². The molecule has 0 amide bonds. The highest BCUT2D eigenvalue weighted by Gasteiger charge is 2.07. The molecule has 0 saturated heterocycles. The molecule has 0 atom stereocenters. The lowest BCUT2D eigenvalue weighted by Gasteiger charge is -2.02. The molecule has 0 fully saturated rings. The Labute approximate surface area is 117 Å². The van der Waals surface area contributed by atoms with Crippen LogP contribution in [0.25, 0.3) is 16.9 Å². The Morgan fingerprint density at radius 2 is 1.95 bits per heavy atom. The smallest absolute Gasteiger partial charge is 0.140 e. The number of fused-ring (bicyclic) bond motifs is 1. The van der Waals surface area contributed by atoms with Crippen molar-refractivity contribution in [1.82, 2.24) is 9.38 Å². The fourth-order valence-corrected chi connectivity index (χ4v) is 2.32. The van der Waals surface area contributed by atoms with Crippen LogP contribution < -0.4 is 10.5 Å². The van der Waals surface area contributed by atoms with E-state index in [0.717, 1.165) is 33.9 Å². The van der Waals surface area contributed by atoms with Crippen LogP contribution in [0.4, 0.5) is 5.69 Å². The van der Waals surface area contributed by atoms with Crippen molar-refractivity contribution in [3.8, 4) is 17.0 Å². The molecule has 3 rings (SSSR count). The molecular weight excluding hydrogens is 250 g/mol. The standard InChI is InChI=1S/C16H17N3O/c1-3-20-14-6-4-12(5-7-14)15-10-19-9-13(17)8-11(2)16(19)18-15/h4-10H,3,17H2,1-2H3. The molecular formula is C16H17N3O. The molecule has 1 aromatic carbocycles. The van der Waals surface area contributed by atoms with Gasteiger partial charge >= 0.3 is 0 Å². The maximum absolute atomic E-state index is 5.86. The summed E-state index contributed by atoms with van der Waals surface area (Å²) in [5.74, 6) is 0.875. The number of pyridine rings is 1. The normalized spacial score (nSPS) is 10.9. The Bertz CT molecular complexity index is 744. The largest absolute Gasteiger partial charge is 0.494 e. The van der Waals surface area contributed by atoms with Gasteiger partial charge < -0.3 is 14.9 Å². The van der Waals surface area contributed by atoms with Crippen molar-refractivity contribution in [3.05, 3.63) is 48.3 Å². The summed E-state index contributed by atoms with van der Waals surface area (Å²) in [5.41, 5.74) is 10.6. The maximum Gasteiger partial charge on any atom is 0.140 e. The first-order chi connectivity index (χ1) is 9.67. The van der Waals surface area contributed by atoms with E-state index in [-0.39, 0.29) is 0 Å². The minimum absolute atomic E-state index is 0.673. The van der Waals surface area contributed by atoms with Gasteiger partial charge in [0.05, 0.1) is 12.3 Å². The minimum Gasteiger partial charge on any atom is -0.494 e. The van der Waals surface area contributed by atoms with Crippen LogP contribution in [0.2, 0.25) is 0 Å². The summed E-state index contributed by atoms with van der Waals surface area (Å²) in [5, 5.41) is 0. The summed E-state index contributed by atoms with van der Waals surface area (Å²) >= 11 is 0. The number of imidazole rings is 1. The highest BCUT2D eigenvalue weighted by atomic mass is 16.5. The average molecular weight is 267 g/mol. The Balaban J connectivity index is 2.03. The van der Waals surface area contributed by atoms with Crippen molar-refractivity contribution in [2.45, 2.75) is 13.8 Å². The fourth-order valence-electron chi connectivity index (χ4n) is 2.32. The number of ether oxygens (including phenoxy) is 1. The third-order valence-corrected chi connectivity index (χ3v) is 3.22. The number of aromatic nitrogens is 2. The van der Waals surface area contributed by atoms with E-state index in [4.69, 9.17) is 10.5 Å². The first-order valence-electron chi connectivity index (χ1n) is 6.65. The summed E-state index contributed by atoms with van der Waals surface area (Å²) in [6.45, 7) is 4.66. The van der Waals surface area contributed by atoms with Gasteiger partial charge in [0.1, 0.15) is 11.4 Å². The minimum atomic E-state index is 0.673. The zero-order chi connectivity index (χ0) is 14.1. The molecule has 2 aromatic heterocycles. The zero-order valence-electron chi connectivity index (χ0n) is 11.6. The number of anilines is 1. The topological polar surface area (TPSA) is 52.5 Å². The number of nitrogen functional groups attached to an aromatic ring is 1. The van der Waals surface area contributed by atoms with Crippen LogP contribution in [-0.4, -0.2) is 16.0 Å². The van der Waals surface area contributed by atoms with Crippen molar-refractivity contribution in [3.63, 3.8) is 0 Å². The second kappa shape index (κ2) is 4.89. The third-order valence-electron chi connectivity index (χ3n) is 3.22. The van der Waals surface area contributed by atoms with Crippen LogP contribution in [-0.2, 0) is 0 Å². The summed E-state index contributed by atoms with van der Waals surface area (Å²) in [6, 6.07) is 9.90. The average Bonchev–Trinajstić information content (AvgIpc) is 2.84. The summed E-state index contributed by atoms with van der Waals surface area (Å²) in [6.07, 6.45) is 3.88. The number of nitrogens with two attached hydrogens (primary N) is 1. The molecule has 20 heavy (non-hydrogen) atoms. The lowest BCUT2D eigenvalue weighted by Crippen LogP contribution is -1.92. The molecule has 0 unspecified atom stereocenters. The van der Waals surface area contributed by atoms with Gasteiger partial charge in [0.2, 0.25) is 0 Å². The second-order valence-corrected chi connectivity index (χ2v) is 4.77. The van der Waals surface area contributed by atoms with Crippen LogP contribution in [0.3, 0.4) is 0 Å². The monoisotopic (exact) mass is 267 g/mol. The fraction of sp³-hybridized carbons (Fsp3) is 0.188. The van der Waals surface area contributed by atoms with E-state index in [9.17, 15) is 0 Å². The Kier molecular flexibility index (Phi) is 3.06. The van der Waals surface area contributed by atoms with Gasteiger partial charge in [0.15, 0.2) is 0 Å². The second-order valence-electron chi connectivity index (χ2n) is 4.77. The van der Waals surface area contributed by atoms with E-state index >= 15 is 0 Å². The first kappa shape index (κ1) is 12.5. The molecule has 4 heteroatoms. The molecule has 0 saturated carbocycles. The SMILES string of the molecule is CCOc1ccc(-c2cn3cc(N)cc(C)c3n2)cc1. The van der Waals surface area contributed by atoms with Crippen LogP contribution in [0.1, 0.15) is 12.5 Å². The van der Waals surface area contributed by atoms with Crippen molar-refractivity contribution in [1.29, 1.82) is 0 Å². The van der Waals surface area contributed by atoms with Crippen LogP contribution in [0.5, 0.6) is 5.75 Å². The number of hydrogen-bond acceptors (Lipinski definition) is 3. The van der Waals surface area contributed by atoms with Gasteiger partial charge in [0, 0.05) is 23.6 Å². The van der Waals surface area contributed by atoms with E-state index in [2.05, 4.69) is 4.98 Å². The van der Waals surface area contributed by atoms with E-state index in [1.165, 1.54) is 0 Å². The Morgan fingerprint density at radius 1 is 1.20 bits per heavy atom. The quantitative estimate of drug-likeness (QED) is 0.792. The summed E-state index contributed by atoms with van der Waals surface area (Å²) in [7, 11) is 0. The van der Waals surface area contributed by atoms with Gasteiger partial charge in [-0.05, 0) is 49.7 Å². The van der Waals surface area contributed by atoms with Crippen LogP contribution in [0.15, 0.2) is 42.7 Å². The molecule has 0 aliphatic heterocycles. The molecule has 0 bridgehead atoms. The molecule has 3 aromatic rings. The first-order valence-corrected chi connectivity index (χ1v) is 6.65. The van der Waals surface area contributed by atoms with Gasteiger partial charge in [-0.2, -0.15) is 0 Å². The lowest BCUT2D eigenvalue weighted by atomic mass is 10.2.